The summed E-state index contributed by atoms with van der Waals surface area (Å²) in [6.07, 6.45) is 2.76. The van der Waals surface area contributed by atoms with Gasteiger partial charge in [-0.05, 0) is 13.0 Å². The Bertz CT molecular complexity index is 876. The fraction of sp³-hybridized carbons (Fsp3) is 0.154. The van der Waals surface area contributed by atoms with E-state index in [9.17, 15) is 9.59 Å². The molecular weight excluding hydrogens is 246 g/mol. The van der Waals surface area contributed by atoms with Crippen molar-refractivity contribution in [1.29, 1.82) is 0 Å². The maximum atomic E-state index is 12.2. The summed E-state index contributed by atoms with van der Waals surface area (Å²) in [6, 6.07) is 5.55. The molecule has 0 saturated heterocycles. The maximum Gasteiger partial charge on any atom is 0.333 e. The number of nitrogens with one attached hydrogen (secondary N) is 1. The largest absolute Gasteiger partial charge is 0.463 e. The number of hydrogen-bond donors (Lipinski definition) is 1. The van der Waals surface area contributed by atoms with Crippen molar-refractivity contribution in [3.8, 4) is 0 Å². The zero-order valence-corrected chi connectivity index (χ0v) is 10.2. The molecule has 0 radical (unpaired) electrons. The highest BCUT2D eigenvalue weighted by Crippen LogP contribution is 2.15. The number of aromatic nitrogens is 3. The number of carbonyl (C=O) groups is 1. The number of rotatable bonds is 2. The molecule has 0 fully saturated rings. The molecule has 6 nitrogen and oxygen atoms in total. The van der Waals surface area contributed by atoms with Crippen molar-refractivity contribution in [2.24, 2.45) is 0 Å². The molecule has 2 aromatic heterocycles. The van der Waals surface area contributed by atoms with Gasteiger partial charge in [0.2, 0.25) is 0 Å². The first kappa shape index (κ1) is 11.5. The number of benzene rings is 1. The summed E-state index contributed by atoms with van der Waals surface area (Å²) in [5.41, 5.74) is 1.08. The zero-order chi connectivity index (χ0) is 13.4. The first-order chi connectivity index (χ1) is 9.20. The number of para-hydroxylation sites is 1. The summed E-state index contributed by atoms with van der Waals surface area (Å²) in [4.78, 5) is 26.5. The van der Waals surface area contributed by atoms with Crippen LogP contribution in [0.2, 0.25) is 0 Å². The molecule has 0 unspecified atom stereocenters. The highest BCUT2D eigenvalue weighted by molar-refractivity contribution is 6.00. The monoisotopic (exact) mass is 257 g/mol. The summed E-state index contributed by atoms with van der Waals surface area (Å²) >= 11 is 0. The third kappa shape index (κ3) is 1.77. The molecule has 0 aliphatic rings. The van der Waals surface area contributed by atoms with Crippen molar-refractivity contribution in [3.63, 3.8) is 0 Å². The standard InChI is InChI=1S/C13H11N3O3/c1-2-19-11(17)6-10-13(18)16-12-8(7-14-16)4-3-5-9(12)15-10/h3-7,15H,2H2,1H3/b10-6-. The van der Waals surface area contributed by atoms with Gasteiger partial charge >= 0.3 is 5.97 Å². The smallest absolute Gasteiger partial charge is 0.333 e. The van der Waals surface area contributed by atoms with Crippen LogP contribution in [-0.2, 0) is 9.53 Å². The highest BCUT2D eigenvalue weighted by atomic mass is 16.5. The topological polar surface area (TPSA) is 76.5 Å². The third-order valence-electron chi connectivity index (χ3n) is 2.83. The van der Waals surface area contributed by atoms with E-state index in [0.29, 0.717) is 5.52 Å². The molecule has 0 spiro atoms. The molecule has 0 atom stereocenters. The fourth-order valence-electron chi connectivity index (χ4n) is 2.05. The Balaban J connectivity index is 2.35. The molecule has 3 rings (SSSR count). The van der Waals surface area contributed by atoms with Crippen molar-refractivity contribution in [3.05, 3.63) is 40.1 Å². The Morgan fingerprint density at radius 1 is 1.53 bits per heavy atom. The first-order valence-corrected chi connectivity index (χ1v) is 5.87. The summed E-state index contributed by atoms with van der Waals surface area (Å²) in [7, 11) is 0. The SMILES string of the molecule is CCOC(=O)/C=c1\[nH]c2cccc3cnn(c1=O)c32. The highest BCUT2D eigenvalue weighted by Gasteiger charge is 2.08. The lowest BCUT2D eigenvalue weighted by Gasteiger charge is -2.00. The molecule has 0 aliphatic carbocycles. The molecule has 0 amide bonds. The second-order valence-corrected chi connectivity index (χ2v) is 4.04. The van der Waals surface area contributed by atoms with Crippen LogP contribution in [-0.4, -0.2) is 27.2 Å². The van der Waals surface area contributed by atoms with Gasteiger partial charge in [0.1, 0.15) is 10.9 Å². The van der Waals surface area contributed by atoms with Gasteiger partial charge in [0.15, 0.2) is 0 Å². The van der Waals surface area contributed by atoms with E-state index < -0.39 is 5.97 Å². The lowest BCUT2D eigenvalue weighted by Crippen LogP contribution is -2.35. The van der Waals surface area contributed by atoms with Crippen LogP contribution in [0, 0.1) is 0 Å². The van der Waals surface area contributed by atoms with Gasteiger partial charge in [-0.3, -0.25) is 4.79 Å². The molecule has 0 saturated carbocycles. The van der Waals surface area contributed by atoms with E-state index in [1.807, 2.05) is 18.2 Å². The van der Waals surface area contributed by atoms with Crippen molar-refractivity contribution in [1.82, 2.24) is 14.6 Å². The van der Waals surface area contributed by atoms with Crippen LogP contribution >= 0.6 is 0 Å². The lowest BCUT2D eigenvalue weighted by atomic mass is 10.2. The van der Waals surface area contributed by atoms with Crippen LogP contribution in [0.15, 0.2) is 29.2 Å². The van der Waals surface area contributed by atoms with Crippen LogP contribution in [0.25, 0.3) is 22.5 Å². The zero-order valence-electron chi connectivity index (χ0n) is 10.2. The lowest BCUT2D eigenvalue weighted by molar-refractivity contribution is -0.135. The van der Waals surface area contributed by atoms with E-state index in [1.165, 1.54) is 4.52 Å². The van der Waals surface area contributed by atoms with Crippen LogP contribution in [0.1, 0.15) is 6.92 Å². The number of ether oxygens (including phenoxy) is 1. The fourth-order valence-corrected chi connectivity index (χ4v) is 2.05. The summed E-state index contributed by atoms with van der Waals surface area (Å²) < 4.78 is 6.08. The van der Waals surface area contributed by atoms with Crippen LogP contribution in [0.4, 0.5) is 0 Å². The Hall–Kier alpha value is -2.63. The molecule has 2 heterocycles. The van der Waals surface area contributed by atoms with Crippen LogP contribution in [0.5, 0.6) is 0 Å². The number of esters is 1. The predicted octanol–water partition coefficient (Wildman–Crippen LogP) is 0.238. The molecule has 19 heavy (non-hydrogen) atoms. The summed E-state index contributed by atoms with van der Waals surface area (Å²) in [5, 5.41) is 5.07. The average Bonchev–Trinajstić information content (AvgIpc) is 2.81. The molecule has 96 valence electrons. The maximum absolute atomic E-state index is 12.2. The number of hydrogen-bond acceptors (Lipinski definition) is 4. The van der Waals surface area contributed by atoms with Gasteiger partial charge in [0.25, 0.3) is 5.56 Å². The number of H-pyrrole nitrogens is 1. The summed E-state index contributed by atoms with van der Waals surface area (Å²) in [5.74, 6) is -0.555. The molecule has 0 bridgehead atoms. The van der Waals surface area contributed by atoms with Gasteiger partial charge in [-0.15, -0.1) is 0 Å². The van der Waals surface area contributed by atoms with E-state index in [-0.39, 0.29) is 17.5 Å². The molecule has 3 aromatic rings. The Labute approximate surface area is 107 Å². The van der Waals surface area contributed by atoms with Crippen molar-refractivity contribution in [2.75, 3.05) is 6.61 Å². The van der Waals surface area contributed by atoms with E-state index in [0.717, 1.165) is 17.0 Å². The Morgan fingerprint density at radius 2 is 2.37 bits per heavy atom. The molecular formula is C13H11N3O3. The van der Waals surface area contributed by atoms with Crippen LogP contribution in [0.3, 0.4) is 0 Å². The van der Waals surface area contributed by atoms with Gasteiger partial charge in [-0.1, -0.05) is 12.1 Å². The molecule has 1 N–H and O–H groups in total. The minimum atomic E-state index is -0.555. The van der Waals surface area contributed by atoms with Gasteiger partial charge < -0.3 is 9.72 Å². The second kappa shape index (κ2) is 4.24. The number of carbonyl (C=O) groups excluding carboxylic acids is 1. The molecule has 0 aliphatic heterocycles. The third-order valence-corrected chi connectivity index (χ3v) is 2.83. The number of nitrogens with zero attached hydrogens (tertiary/aromatic N) is 2. The van der Waals surface area contributed by atoms with E-state index in [4.69, 9.17) is 4.74 Å². The van der Waals surface area contributed by atoms with Crippen molar-refractivity contribution < 1.29 is 9.53 Å². The van der Waals surface area contributed by atoms with Gasteiger partial charge in [-0.25, -0.2) is 4.79 Å². The normalized spacial score (nSPS) is 12.4. The Morgan fingerprint density at radius 3 is 3.16 bits per heavy atom. The van der Waals surface area contributed by atoms with Gasteiger partial charge in [0.05, 0.1) is 24.4 Å². The predicted molar refractivity (Wildman–Crippen MR) is 69.6 cm³/mol. The molecule has 1 aromatic carbocycles. The van der Waals surface area contributed by atoms with E-state index in [1.54, 1.807) is 13.1 Å². The average molecular weight is 257 g/mol. The quantitative estimate of drug-likeness (QED) is 0.667. The van der Waals surface area contributed by atoms with Crippen molar-refractivity contribution in [2.45, 2.75) is 6.92 Å². The van der Waals surface area contributed by atoms with Crippen molar-refractivity contribution >= 4 is 28.5 Å². The summed E-state index contributed by atoms with van der Waals surface area (Å²) in [6.45, 7) is 1.97. The second-order valence-electron chi connectivity index (χ2n) is 4.04. The van der Waals surface area contributed by atoms with Crippen LogP contribution < -0.4 is 10.9 Å². The van der Waals surface area contributed by atoms with Gasteiger partial charge in [-0.2, -0.15) is 9.61 Å². The first-order valence-electron chi connectivity index (χ1n) is 5.87. The molecule has 6 heteroatoms. The Kier molecular flexibility index (Phi) is 2.56. The minimum absolute atomic E-state index is 0.155. The minimum Gasteiger partial charge on any atom is -0.463 e. The van der Waals surface area contributed by atoms with E-state index >= 15 is 0 Å². The number of aromatic amines is 1. The van der Waals surface area contributed by atoms with E-state index in [2.05, 4.69) is 10.1 Å². The van der Waals surface area contributed by atoms with Gasteiger partial charge in [0, 0.05) is 5.39 Å².